The van der Waals surface area contributed by atoms with Gasteiger partial charge in [-0.3, -0.25) is 4.57 Å². The summed E-state index contributed by atoms with van der Waals surface area (Å²) in [6, 6.07) is 50.5. The monoisotopic (exact) mass is 760 g/mol. The zero-order valence-electron chi connectivity index (χ0n) is 33.9. The quantitative estimate of drug-likeness (QED) is 0.169. The summed E-state index contributed by atoms with van der Waals surface area (Å²) in [5.74, 6) is 0.660. The van der Waals surface area contributed by atoms with Gasteiger partial charge in [-0.25, -0.2) is 9.97 Å². The number of rotatable bonds is 6. The molecule has 0 aliphatic heterocycles. The van der Waals surface area contributed by atoms with Crippen molar-refractivity contribution in [2.24, 2.45) is 0 Å². The van der Waals surface area contributed by atoms with Crippen LogP contribution in [-0.2, 0) is 5.41 Å². The SMILES string of the molecule is C/C=C\c1c(C)c2ccc3c(c(C4=CCCC=C4)c(-c4ccccc4)n3-c3ccccc3)c2n1-c1nc(-c2ccc3c(c2)C(C)(C)c2ccccc2-3)c2ccccc2n1. The maximum atomic E-state index is 5.65. The lowest BCUT2D eigenvalue weighted by Gasteiger charge is -2.22. The minimum Gasteiger partial charge on any atom is -0.309 e. The van der Waals surface area contributed by atoms with Gasteiger partial charge in [-0.15, -0.1) is 0 Å². The highest BCUT2D eigenvalue weighted by Gasteiger charge is 2.36. The molecule has 4 heteroatoms. The first-order chi connectivity index (χ1) is 28.9. The fourth-order valence-corrected chi connectivity index (χ4v) is 9.92. The van der Waals surface area contributed by atoms with E-state index >= 15 is 0 Å². The Kier molecular flexibility index (Phi) is 8.06. The van der Waals surface area contributed by atoms with Crippen molar-refractivity contribution in [2.45, 2.75) is 46.0 Å². The van der Waals surface area contributed by atoms with Crippen LogP contribution in [0.4, 0.5) is 0 Å². The van der Waals surface area contributed by atoms with Crippen molar-refractivity contribution >= 4 is 44.4 Å². The molecule has 0 bridgehead atoms. The van der Waals surface area contributed by atoms with Gasteiger partial charge >= 0.3 is 0 Å². The van der Waals surface area contributed by atoms with Gasteiger partial charge in [0, 0.05) is 38.4 Å². The van der Waals surface area contributed by atoms with Crippen molar-refractivity contribution in [3.8, 4) is 45.3 Å². The number of aromatic nitrogens is 4. The molecule has 2 aliphatic carbocycles. The maximum absolute atomic E-state index is 5.65. The van der Waals surface area contributed by atoms with Gasteiger partial charge in [-0.1, -0.05) is 147 Å². The van der Waals surface area contributed by atoms with Crippen LogP contribution in [0.5, 0.6) is 0 Å². The molecule has 0 spiro atoms. The van der Waals surface area contributed by atoms with Crippen LogP contribution < -0.4 is 0 Å². The van der Waals surface area contributed by atoms with Gasteiger partial charge in [0.2, 0.25) is 5.95 Å². The van der Waals surface area contributed by atoms with E-state index in [1.165, 1.54) is 61.0 Å². The molecule has 0 saturated heterocycles. The van der Waals surface area contributed by atoms with E-state index in [0.717, 1.165) is 57.4 Å². The van der Waals surface area contributed by atoms with E-state index in [1.54, 1.807) is 0 Å². The second-order valence-electron chi connectivity index (χ2n) is 16.4. The Morgan fingerprint density at radius 2 is 1.41 bits per heavy atom. The van der Waals surface area contributed by atoms with Crippen LogP contribution in [0.25, 0.3) is 89.6 Å². The fraction of sp³-hybridized carbons (Fsp3) is 0.127. The highest BCUT2D eigenvalue weighted by Crippen LogP contribution is 2.50. The smallest absolute Gasteiger partial charge is 0.235 e. The van der Waals surface area contributed by atoms with Gasteiger partial charge in [0.1, 0.15) is 0 Å². The molecule has 9 aromatic rings. The maximum Gasteiger partial charge on any atom is 0.235 e. The normalized spacial score (nSPS) is 14.4. The Morgan fingerprint density at radius 3 is 2.20 bits per heavy atom. The van der Waals surface area contributed by atoms with Gasteiger partial charge in [0.05, 0.1) is 33.6 Å². The largest absolute Gasteiger partial charge is 0.309 e. The second-order valence-corrected chi connectivity index (χ2v) is 16.4. The summed E-state index contributed by atoms with van der Waals surface area (Å²) in [5.41, 5.74) is 18.6. The molecule has 59 heavy (non-hydrogen) atoms. The standard InChI is InChI=1S/C55H44N4/c1-5-19-47-35(2)40-32-33-48-50(49(36-20-9-6-10-21-36)52(37-22-11-7-12-23-37)58(48)39-24-13-8-14-25-39)53(40)59(47)54-56-46-29-18-16-27-43(46)51(57-54)38-30-31-42-41-26-15-17-28-44(41)55(3,4)45(42)34-38/h5,7-9,11-34H,6,10H2,1-4H3/b19-5-. The third kappa shape index (κ3) is 5.29. The van der Waals surface area contributed by atoms with E-state index < -0.39 is 0 Å². The number of aryl methyl sites for hydroxylation is 1. The van der Waals surface area contributed by atoms with E-state index in [4.69, 9.17) is 9.97 Å². The molecule has 0 amide bonds. The van der Waals surface area contributed by atoms with Gasteiger partial charge in [-0.05, 0) is 102 Å². The third-order valence-corrected chi connectivity index (χ3v) is 12.7. The number of hydrogen-bond acceptors (Lipinski definition) is 2. The minimum atomic E-state index is -0.132. The third-order valence-electron chi connectivity index (χ3n) is 12.7. The summed E-state index contributed by atoms with van der Waals surface area (Å²) in [5, 5.41) is 3.42. The Balaban J connectivity index is 1.27. The number of hydrogen-bond donors (Lipinski definition) is 0. The lowest BCUT2D eigenvalue weighted by molar-refractivity contribution is 0.660. The molecule has 4 nitrogen and oxygen atoms in total. The van der Waals surface area contributed by atoms with Crippen LogP contribution in [-0.4, -0.2) is 19.1 Å². The molecular weight excluding hydrogens is 717 g/mol. The van der Waals surface area contributed by atoms with Gasteiger partial charge < -0.3 is 4.57 Å². The van der Waals surface area contributed by atoms with Gasteiger partial charge in [0.25, 0.3) is 0 Å². The first-order valence-corrected chi connectivity index (χ1v) is 20.8. The van der Waals surface area contributed by atoms with Gasteiger partial charge in [0.15, 0.2) is 0 Å². The number of fused-ring (bicyclic) bond motifs is 7. The van der Waals surface area contributed by atoms with E-state index in [9.17, 15) is 0 Å². The predicted molar refractivity (Wildman–Crippen MR) is 247 cm³/mol. The van der Waals surface area contributed by atoms with Crippen LogP contribution in [0.3, 0.4) is 0 Å². The summed E-state index contributed by atoms with van der Waals surface area (Å²) in [6.07, 6.45) is 13.5. The summed E-state index contributed by atoms with van der Waals surface area (Å²) in [7, 11) is 0. The number of benzene rings is 6. The Morgan fingerprint density at radius 1 is 0.661 bits per heavy atom. The highest BCUT2D eigenvalue weighted by atomic mass is 15.2. The van der Waals surface area contributed by atoms with Crippen LogP contribution in [0.1, 0.15) is 61.6 Å². The predicted octanol–water partition coefficient (Wildman–Crippen LogP) is 14.2. The van der Waals surface area contributed by atoms with Crippen molar-refractivity contribution in [1.29, 1.82) is 0 Å². The summed E-state index contributed by atoms with van der Waals surface area (Å²) in [6.45, 7) is 9.02. The fourth-order valence-electron chi connectivity index (χ4n) is 9.92. The molecule has 0 N–H and O–H groups in total. The molecule has 0 fully saturated rings. The molecular formula is C55H44N4. The number of allylic oxidation sites excluding steroid dienone is 5. The zero-order valence-corrected chi connectivity index (χ0v) is 33.9. The summed E-state index contributed by atoms with van der Waals surface area (Å²) >= 11 is 0. The first-order valence-electron chi connectivity index (χ1n) is 20.8. The van der Waals surface area contributed by atoms with Crippen LogP contribution in [0.15, 0.2) is 164 Å². The molecule has 3 aromatic heterocycles. The molecule has 0 saturated carbocycles. The molecule has 0 radical (unpaired) electrons. The highest BCUT2D eigenvalue weighted by molar-refractivity contribution is 6.17. The lowest BCUT2D eigenvalue weighted by Crippen LogP contribution is -2.15. The molecule has 11 rings (SSSR count). The lowest BCUT2D eigenvalue weighted by atomic mass is 9.82. The van der Waals surface area contributed by atoms with Crippen molar-refractivity contribution in [1.82, 2.24) is 19.1 Å². The van der Waals surface area contributed by atoms with Crippen molar-refractivity contribution < 1.29 is 0 Å². The minimum absolute atomic E-state index is 0.132. The Bertz CT molecular complexity index is 3240. The van der Waals surface area contributed by atoms with E-state index in [1.807, 2.05) is 0 Å². The average molecular weight is 761 g/mol. The van der Waals surface area contributed by atoms with Crippen LogP contribution >= 0.6 is 0 Å². The number of para-hydroxylation sites is 2. The molecule has 0 atom stereocenters. The molecule has 6 aromatic carbocycles. The average Bonchev–Trinajstić information content (AvgIpc) is 3.86. The number of nitrogens with zero attached hydrogens (tertiary/aromatic N) is 4. The molecule has 2 aliphatic rings. The van der Waals surface area contributed by atoms with Crippen LogP contribution in [0.2, 0.25) is 0 Å². The van der Waals surface area contributed by atoms with E-state index in [2.05, 4.69) is 207 Å². The Hall–Kier alpha value is -7.04. The van der Waals surface area contributed by atoms with E-state index in [-0.39, 0.29) is 5.41 Å². The Labute approximate surface area is 345 Å². The van der Waals surface area contributed by atoms with E-state index in [0.29, 0.717) is 5.95 Å². The zero-order chi connectivity index (χ0) is 39.8. The summed E-state index contributed by atoms with van der Waals surface area (Å²) in [4.78, 5) is 11.1. The van der Waals surface area contributed by atoms with Crippen LogP contribution in [0, 0.1) is 6.92 Å². The van der Waals surface area contributed by atoms with Gasteiger partial charge in [-0.2, -0.15) is 0 Å². The van der Waals surface area contributed by atoms with Crippen molar-refractivity contribution in [3.63, 3.8) is 0 Å². The molecule has 3 heterocycles. The summed E-state index contributed by atoms with van der Waals surface area (Å²) < 4.78 is 4.80. The van der Waals surface area contributed by atoms with Crippen molar-refractivity contribution in [2.75, 3.05) is 0 Å². The topological polar surface area (TPSA) is 35.6 Å². The molecule has 0 unspecified atom stereocenters. The van der Waals surface area contributed by atoms with Crippen molar-refractivity contribution in [3.05, 3.63) is 192 Å². The molecule has 284 valence electrons. The second kappa shape index (κ2) is 13.5. The first kappa shape index (κ1) is 35.1.